The molecular formula is C30H36FN3O2. The molecule has 190 valence electrons. The number of carbonyl (C=O) groups excluding carboxylic acids is 2. The first-order chi connectivity index (χ1) is 17.5. The molecule has 0 spiro atoms. The number of rotatable bonds is 10. The van der Waals surface area contributed by atoms with Crippen LogP contribution in [-0.4, -0.2) is 45.3 Å². The Kier molecular flexibility index (Phi) is 8.93. The minimum absolute atomic E-state index is 0.0277. The highest BCUT2D eigenvalue weighted by Gasteiger charge is 2.29. The highest BCUT2D eigenvalue weighted by atomic mass is 19.1. The van der Waals surface area contributed by atoms with Crippen LogP contribution in [0.2, 0.25) is 0 Å². The summed E-state index contributed by atoms with van der Waals surface area (Å²) in [4.78, 5) is 30.6. The highest BCUT2D eigenvalue weighted by Crippen LogP contribution is 2.25. The molecule has 3 aromatic rings. The van der Waals surface area contributed by atoms with Crippen LogP contribution in [0, 0.1) is 5.82 Å². The quantitative estimate of drug-likeness (QED) is 0.357. The maximum atomic E-state index is 13.8. The van der Waals surface area contributed by atoms with Gasteiger partial charge in [-0.05, 0) is 61.2 Å². The van der Waals surface area contributed by atoms with Gasteiger partial charge in [0.25, 0.3) is 5.91 Å². The van der Waals surface area contributed by atoms with Crippen molar-refractivity contribution in [3.63, 3.8) is 0 Å². The van der Waals surface area contributed by atoms with Crippen LogP contribution in [0.4, 0.5) is 4.39 Å². The van der Waals surface area contributed by atoms with Gasteiger partial charge in [0.2, 0.25) is 5.91 Å². The second-order valence-electron chi connectivity index (χ2n) is 9.66. The molecule has 2 aromatic carbocycles. The second-order valence-corrected chi connectivity index (χ2v) is 9.66. The van der Waals surface area contributed by atoms with Gasteiger partial charge in [-0.3, -0.25) is 9.59 Å². The molecule has 0 aliphatic heterocycles. The summed E-state index contributed by atoms with van der Waals surface area (Å²) in [6.07, 6.45) is 8.22. The molecule has 0 bridgehead atoms. The van der Waals surface area contributed by atoms with Crippen molar-refractivity contribution in [3.05, 3.63) is 95.6 Å². The zero-order valence-electron chi connectivity index (χ0n) is 21.1. The first-order valence-corrected chi connectivity index (χ1v) is 13.1. The number of amides is 2. The molecule has 4 rings (SSSR count). The van der Waals surface area contributed by atoms with Gasteiger partial charge in [0.15, 0.2) is 0 Å². The Morgan fingerprint density at radius 2 is 1.67 bits per heavy atom. The number of carbonyl (C=O) groups is 2. The Hall–Kier alpha value is -3.41. The van der Waals surface area contributed by atoms with Crippen molar-refractivity contribution in [2.75, 3.05) is 13.1 Å². The van der Waals surface area contributed by atoms with E-state index >= 15 is 0 Å². The van der Waals surface area contributed by atoms with E-state index in [0.29, 0.717) is 18.7 Å². The van der Waals surface area contributed by atoms with Crippen molar-refractivity contribution in [2.24, 2.45) is 0 Å². The van der Waals surface area contributed by atoms with Crippen molar-refractivity contribution in [3.8, 4) is 0 Å². The number of nitrogens with zero attached hydrogens (tertiary/aromatic N) is 3. The molecule has 1 aliphatic rings. The van der Waals surface area contributed by atoms with Crippen molar-refractivity contribution >= 4 is 11.8 Å². The van der Waals surface area contributed by atoms with Gasteiger partial charge in [-0.2, -0.15) is 0 Å². The van der Waals surface area contributed by atoms with E-state index < -0.39 is 0 Å². The lowest BCUT2D eigenvalue weighted by Gasteiger charge is -2.36. The third-order valence-corrected chi connectivity index (χ3v) is 6.99. The zero-order valence-corrected chi connectivity index (χ0v) is 21.1. The number of hydrogen-bond donors (Lipinski definition) is 0. The van der Waals surface area contributed by atoms with E-state index in [-0.39, 0.29) is 30.2 Å². The predicted molar refractivity (Wildman–Crippen MR) is 140 cm³/mol. The Bertz CT molecular complexity index is 1120. The third kappa shape index (κ3) is 6.62. The minimum atomic E-state index is -0.383. The highest BCUT2D eigenvalue weighted by molar-refractivity contribution is 5.96. The first-order valence-electron chi connectivity index (χ1n) is 13.1. The van der Waals surface area contributed by atoms with Crippen LogP contribution in [-0.2, 0) is 17.9 Å². The van der Waals surface area contributed by atoms with Gasteiger partial charge in [0.05, 0.1) is 6.54 Å². The Labute approximate surface area is 213 Å². The molecule has 1 saturated carbocycles. The predicted octanol–water partition coefficient (Wildman–Crippen LogP) is 5.89. The molecule has 1 aliphatic carbocycles. The summed E-state index contributed by atoms with van der Waals surface area (Å²) < 4.78 is 15.6. The van der Waals surface area contributed by atoms with Crippen molar-refractivity contribution < 1.29 is 14.0 Å². The second kappa shape index (κ2) is 12.5. The van der Waals surface area contributed by atoms with E-state index in [1.54, 1.807) is 4.90 Å². The fourth-order valence-electron chi connectivity index (χ4n) is 5.07. The van der Waals surface area contributed by atoms with Gasteiger partial charge in [-0.15, -0.1) is 0 Å². The number of aromatic nitrogens is 1. The van der Waals surface area contributed by atoms with Crippen molar-refractivity contribution in [1.82, 2.24) is 14.4 Å². The molecule has 0 radical (unpaired) electrons. The zero-order chi connectivity index (χ0) is 25.3. The van der Waals surface area contributed by atoms with Gasteiger partial charge in [0, 0.05) is 36.6 Å². The standard InChI is InChI=1S/C30H36FN3O2/c1-2-19-33(30(36)25-15-17-26(31)18-16-25)23-29(35)34(27-12-7-4-8-13-27)22-28-14-9-20-32(28)21-24-10-5-3-6-11-24/h3,5-6,9-11,14-18,20,27H,2,4,7-8,12-13,19,21-23H2,1H3. The topological polar surface area (TPSA) is 45.6 Å². The van der Waals surface area contributed by atoms with E-state index in [9.17, 15) is 14.0 Å². The van der Waals surface area contributed by atoms with Crippen LogP contribution < -0.4 is 0 Å². The summed E-state index contributed by atoms with van der Waals surface area (Å²) in [5.41, 5.74) is 2.70. The summed E-state index contributed by atoms with van der Waals surface area (Å²) in [6, 6.07) is 20.1. The minimum Gasteiger partial charge on any atom is -0.345 e. The van der Waals surface area contributed by atoms with Crippen LogP contribution in [0.5, 0.6) is 0 Å². The first kappa shape index (κ1) is 25.7. The van der Waals surface area contributed by atoms with E-state index in [0.717, 1.165) is 44.3 Å². The summed E-state index contributed by atoms with van der Waals surface area (Å²) in [6.45, 7) is 3.77. The van der Waals surface area contributed by atoms with Crippen LogP contribution in [0.25, 0.3) is 0 Å². The van der Waals surface area contributed by atoms with Crippen LogP contribution >= 0.6 is 0 Å². The molecule has 0 unspecified atom stereocenters. The molecule has 1 fully saturated rings. The average molecular weight is 490 g/mol. The Morgan fingerprint density at radius 1 is 0.944 bits per heavy atom. The van der Waals surface area contributed by atoms with Crippen molar-refractivity contribution in [1.29, 1.82) is 0 Å². The van der Waals surface area contributed by atoms with Crippen LogP contribution in [0.15, 0.2) is 72.9 Å². The van der Waals surface area contributed by atoms with Crippen molar-refractivity contribution in [2.45, 2.75) is 64.6 Å². The molecule has 36 heavy (non-hydrogen) atoms. The lowest BCUT2D eigenvalue weighted by molar-refractivity contribution is -0.135. The van der Waals surface area contributed by atoms with Gasteiger partial charge >= 0.3 is 0 Å². The van der Waals surface area contributed by atoms with Gasteiger partial charge in [0.1, 0.15) is 12.4 Å². The molecule has 0 saturated heterocycles. The maximum absolute atomic E-state index is 13.8. The van der Waals surface area contributed by atoms with E-state index in [4.69, 9.17) is 0 Å². The smallest absolute Gasteiger partial charge is 0.254 e. The fourth-order valence-corrected chi connectivity index (χ4v) is 5.07. The molecule has 1 aromatic heterocycles. The van der Waals surface area contributed by atoms with E-state index in [2.05, 4.69) is 29.0 Å². The van der Waals surface area contributed by atoms with Crippen LogP contribution in [0.1, 0.15) is 67.1 Å². The Balaban J connectivity index is 1.53. The number of halogens is 1. The lowest BCUT2D eigenvalue weighted by atomic mass is 9.94. The summed E-state index contributed by atoms with van der Waals surface area (Å²) in [5.74, 6) is -0.647. The van der Waals surface area contributed by atoms with Gasteiger partial charge in [-0.25, -0.2) is 4.39 Å². The van der Waals surface area contributed by atoms with Crippen LogP contribution in [0.3, 0.4) is 0 Å². The van der Waals surface area contributed by atoms with E-state index in [1.807, 2.05) is 36.1 Å². The largest absolute Gasteiger partial charge is 0.345 e. The number of benzene rings is 2. The third-order valence-electron chi connectivity index (χ3n) is 6.99. The average Bonchev–Trinajstić information content (AvgIpc) is 3.34. The molecule has 5 nitrogen and oxygen atoms in total. The summed E-state index contributed by atoms with van der Waals surface area (Å²) >= 11 is 0. The SMILES string of the molecule is CCCN(CC(=O)N(Cc1cccn1Cc1ccccc1)C1CCCCC1)C(=O)c1ccc(F)cc1. The molecule has 0 atom stereocenters. The maximum Gasteiger partial charge on any atom is 0.254 e. The fraction of sp³-hybridized carbons (Fsp3) is 0.400. The normalized spacial score (nSPS) is 13.9. The number of hydrogen-bond acceptors (Lipinski definition) is 2. The molecule has 6 heteroatoms. The van der Waals surface area contributed by atoms with Gasteiger partial charge in [-0.1, -0.05) is 56.5 Å². The summed E-state index contributed by atoms with van der Waals surface area (Å²) in [5, 5.41) is 0. The molecule has 0 N–H and O–H groups in total. The molecule has 1 heterocycles. The lowest BCUT2D eigenvalue weighted by Crippen LogP contribution is -2.47. The Morgan fingerprint density at radius 3 is 2.36 bits per heavy atom. The molecular weight excluding hydrogens is 453 g/mol. The van der Waals surface area contributed by atoms with Gasteiger partial charge < -0.3 is 14.4 Å². The summed E-state index contributed by atoms with van der Waals surface area (Å²) in [7, 11) is 0. The van der Waals surface area contributed by atoms with E-state index in [1.165, 1.54) is 36.2 Å². The molecule has 2 amide bonds. The monoisotopic (exact) mass is 489 g/mol.